The summed E-state index contributed by atoms with van der Waals surface area (Å²) in [7, 11) is 0. The summed E-state index contributed by atoms with van der Waals surface area (Å²) in [5.74, 6) is -1.65. The van der Waals surface area contributed by atoms with Crippen molar-refractivity contribution in [2.24, 2.45) is 17.8 Å². The maximum Gasteiger partial charge on any atom is 0.254 e. The number of rotatable bonds is 4. The molecule has 7 nitrogen and oxygen atoms in total. The van der Waals surface area contributed by atoms with Crippen LogP contribution in [0.3, 0.4) is 0 Å². The Bertz CT molecular complexity index is 1330. The van der Waals surface area contributed by atoms with Gasteiger partial charge in [-0.3, -0.25) is 24.7 Å². The zero-order chi connectivity index (χ0) is 24.8. The minimum Gasteiger partial charge on any atom is -0.508 e. The Labute approximate surface area is 209 Å². The molecular formula is C29H27N3O4. The van der Waals surface area contributed by atoms with Gasteiger partial charge in [0.1, 0.15) is 5.75 Å². The lowest BCUT2D eigenvalue weighted by Gasteiger charge is -2.36. The number of imide groups is 1. The molecule has 2 aliphatic heterocycles. The Balaban J connectivity index is 1.48. The van der Waals surface area contributed by atoms with E-state index in [1.807, 2.05) is 29.3 Å². The second-order valence-corrected chi connectivity index (χ2v) is 10.0. The molecule has 2 saturated heterocycles. The average molecular weight is 482 g/mol. The van der Waals surface area contributed by atoms with E-state index in [0.29, 0.717) is 24.9 Å². The zero-order valence-corrected chi connectivity index (χ0v) is 19.8. The van der Waals surface area contributed by atoms with Crippen LogP contribution in [0.5, 0.6) is 5.75 Å². The molecule has 0 bridgehead atoms. The molecule has 182 valence electrons. The smallest absolute Gasteiger partial charge is 0.254 e. The predicted molar refractivity (Wildman–Crippen MR) is 133 cm³/mol. The number of aromatic hydroxyl groups is 1. The first kappa shape index (κ1) is 22.5. The van der Waals surface area contributed by atoms with Crippen LogP contribution in [0.15, 0.2) is 83.7 Å². The molecule has 4 aliphatic rings. The molecule has 1 aromatic carbocycles. The quantitative estimate of drug-likeness (QED) is 0.516. The molecule has 36 heavy (non-hydrogen) atoms. The molecule has 3 heterocycles. The average Bonchev–Trinajstić information content (AvgIpc) is 3.42. The third kappa shape index (κ3) is 3.75. The first-order valence-corrected chi connectivity index (χ1v) is 12.4. The van der Waals surface area contributed by atoms with E-state index in [9.17, 15) is 19.5 Å². The number of carbonyl (C=O) groups excluding carboxylic acids is 3. The number of fused-ring (bicyclic) bond motifs is 3. The van der Waals surface area contributed by atoms with E-state index in [1.165, 1.54) is 12.1 Å². The molecule has 4 unspecified atom stereocenters. The number of allylic oxidation sites excluding steroid dienone is 4. The van der Waals surface area contributed by atoms with Gasteiger partial charge in [0.25, 0.3) is 5.91 Å². The number of pyridine rings is 1. The number of aromatic nitrogens is 1. The fourth-order valence-corrected chi connectivity index (χ4v) is 6.41. The molecule has 2 aliphatic carbocycles. The highest BCUT2D eigenvalue weighted by Gasteiger charge is 2.57. The van der Waals surface area contributed by atoms with Crippen LogP contribution in [0.4, 0.5) is 0 Å². The van der Waals surface area contributed by atoms with Crippen molar-refractivity contribution in [1.29, 1.82) is 0 Å². The number of nitrogens with one attached hydrogen (secondary N) is 1. The van der Waals surface area contributed by atoms with E-state index in [-0.39, 0.29) is 35.4 Å². The topological polar surface area (TPSA) is 99.6 Å². The summed E-state index contributed by atoms with van der Waals surface area (Å²) >= 11 is 0. The molecule has 0 spiro atoms. The molecule has 0 radical (unpaired) electrons. The van der Waals surface area contributed by atoms with Crippen LogP contribution in [0.2, 0.25) is 0 Å². The molecule has 2 fully saturated rings. The minimum atomic E-state index is -0.487. The van der Waals surface area contributed by atoms with E-state index < -0.39 is 11.8 Å². The normalized spacial score (nSPS) is 27.0. The summed E-state index contributed by atoms with van der Waals surface area (Å²) in [6.07, 6.45) is 12.6. The Hall–Kier alpha value is -4.00. The van der Waals surface area contributed by atoms with Gasteiger partial charge in [0, 0.05) is 30.4 Å². The first-order chi connectivity index (χ1) is 17.5. The standard InChI is InChI=1S/C29H27N3O4/c33-21-10-8-19(9-11-21)29(36)32-16-23-20(13-17-5-4-12-30-15-17)14-22-25(28(35)31-27(22)34)24(23)26(32)18-6-2-1-3-7-18/h1-2,4-6,8-12,15,22,24-26,33H,3,7,13-14,16H2,(H,31,34,35). The van der Waals surface area contributed by atoms with Crippen molar-refractivity contribution >= 4 is 17.7 Å². The predicted octanol–water partition coefficient (Wildman–Crippen LogP) is 3.34. The van der Waals surface area contributed by atoms with Crippen molar-refractivity contribution in [3.05, 3.63) is 94.9 Å². The summed E-state index contributed by atoms with van der Waals surface area (Å²) < 4.78 is 0. The van der Waals surface area contributed by atoms with Crippen molar-refractivity contribution in [3.63, 3.8) is 0 Å². The molecule has 3 amide bonds. The lowest BCUT2D eigenvalue weighted by atomic mass is 9.66. The van der Waals surface area contributed by atoms with Crippen LogP contribution < -0.4 is 5.32 Å². The first-order valence-electron chi connectivity index (χ1n) is 12.4. The number of amides is 3. The van der Waals surface area contributed by atoms with Crippen LogP contribution in [0, 0.1) is 17.8 Å². The van der Waals surface area contributed by atoms with Crippen LogP contribution in [0.25, 0.3) is 0 Å². The summed E-state index contributed by atoms with van der Waals surface area (Å²) in [5.41, 5.74) is 4.86. The van der Waals surface area contributed by atoms with Gasteiger partial charge in [-0.15, -0.1) is 0 Å². The van der Waals surface area contributed by atoms with Crippen LogP contribution in [-0.2, 0) is 16.0 Å². The maximum absolute atomic E-state index is 13.9. The Kier molecular flexibility index (Phi) is 5.55. The van der Waals surface area contributed by atoms with Gasteiger partial charge in [0.2, 0.25) is 11.8 Å². The Morgan fingerprint density at radius 2 is 1.94 bits per heavy atom. The van der Waals surface area contributed by atoms with Gasteiger partial charge in [0.15, 0.2) is 0 Å². The van der Waals surface area contributed by atoms with Crippen molar-refractivity contribution in [3.8, 4) is 5.75 Å². The largest absolute Gasteiger partial charge is 0.508 e. The highest BCUT2D eigenvalue weighted by molar-refractivity contribution is 6.06. The summed E-state index contributed by atoms with van der Waals surface area (Å²) in [5, 5.41) is 12.3. The van der Waals surface area contributed by atoms with Gasteiger partial charge >= 0.3 is 0 Å². The maximum atomic E-state index is 13.9. The van der Waals surface area contributed by atoms with E-state index in [0.717, 1.165) is 35.1 Å². The van der Waals surface area contributed by atoms with E-state index >= 15 is 0 Å². The van der Waals surface area contributed by atoms with E-state index in [4.69, 9.17) is 0 Å². The molecule has 2 aromatic rings. The van der Waals surface area contributed by atoms with Gasteiger partial charge < -0.3 is 10.0 Å². The fourth-order valence-electron chi connectivity index (χ4n) is 6.41. The molecular weight excluding hydrogens is 454 g/mol. The van der Waals surface area contributed by atoms with Crippen LogP contribution in [-0.4, -0.2) is 45.3 Å². The molecule has 1 aromatic heterocycles. The van der Waals surface area contributed by atoms with Gasteiger partial charge in [-0.25, -0.2) is 0 Å². The third-order valence-corrected chi connectivity index (χ3v) is 7.99. The van der Waals surface area contributed by atoms with Crippen LogP contribution in [0.1, 0.15) is 35.2 Å². The second-order valence-electron chi connectivity index (χ2n) is 10.0. The van der Waals surface area contributed by atoms with E-state index in [1.54, 1.807) is 18.3 Å². The number of hydrogen-bond acceptors (Lipinski definition) is 5. The van der Waals surface area contributed by atoms with Crippen molar-refractivity contribution in [1.82, 2.24) is 15.2 Å². The zero-order valence-electron chi connectivity index (χ0n) is 19.8. The molecule has 4 atom stereocenters. The molecule has 0 saturated carbocycles. The van der Waals surface area contributed by atoms with Crippen molar-refractivity contribution in [2.45, 2.75) is 31.7 Å². The highest BCUT2D eigenvalue weighted by atomic mass is 16.3. The van der Waals surface area contributed by atoms with Gasteiger partial charge in [-0.05, 0) is 72.7 Å². The number of carbonyl (C=O) groups is 3. The summed E-state index contributed by atoms with van der Waals surface area (Å²) in [6.45, 7) is 0.413. The number of nitrogens with zero attached hydrogens (tertiary/aromatic N) is 2. The monoisotopic (exact) mass is 481 g/mol. The fraction of sp³-hybridized carbons (Fsp3) is 0.310. The third-order valence-electron chi connectivity index (χ3n) is 7.99. The molecule has 7 heteroatoms. The van der Waals surface area contributed by atoms with Crippen molar-refractivity contribution in [2.75, 3.05) is 6.54 Å². The van der Waals surface area contributed by atoms with Crippen molar-refractivity contribution < 1.29 is 19.5 Å². The number of benzene rings is 1. The number of hydrogen-bond donors (Lipinski definition) is 2. The van der Waals surface area contributed by atoms with Crippen LogP contribution >= 0.6 is 0 Å². The summed E-state index contributed by atoms with van der Waals surface area (Å²) in [6, 6.07) is 9.89. The van der Waals surface area contributed by atoms with Gasteiger partial charge in [0.05, 0.1) is 17.9 Å². The Morgan fingerprint density at radius 3 is 2.67 bits per heavy atom. The number of phenols is 1. The second kappa shape index (κ2) is 8.90. The van der Waals surface area contributed by atoms with Gasteiger partial charge in [-0.2, -0.15) is 0 Å². The number of phenolic OH excluding ortho intramolecular Hbond substituents is 1. The lowest BCUT2D eigenvalue weighted by Crippen LogP contribution is -2.44. The summed E-state index contributed by atoms with van der Waals surface area (Å²) in [4.78, 5) is 46.0. The Morgan fingerprint density at radius 1 is 1.11 bits per heavy atom. The lowest BCUT2D eigenvalue weighted by molar-refractivity contribution is -0.126. The van der Waals surface area contributed by atoms with Gasteiger partial charge in [-0.1, -0.05) is 29.9 Å². The van der Waals surface area contributed by atoms with E-state index in [2.05, 4.69) is 22.5 Å². The highest BCUT2D eigenvalue weighted by Crippen LogP contribution is 2.51. The number of likely N-dealkylation sites (tertiary alicyclic amines) is 1. The SMILES string of the molecule is O=C1NC(=O)C2C1CC(Cc1cccnc1)=C1CN(C(=O)c3ccc(O)cc3)C(C3=CC=CCC3)C12. The molecule has 6 rings (SSSR count). The molecule has 2 N–H and O–H groups in total. The minimum absolute atomic E-state index is 0.101.